The third kappa shape index (κ3) is 1.86. The van der Waals surface area contributed by atoms with Crippen molar-refractivity contribution in [3.05, 3.63) is 58.5 Å². The van der Waals surface area contributed by atoms with Crippen LogP contribution in [0.15, 0.2) is 41.2 Å². The predicted molar refractivity (Wildman–Crippen MR) is 63.6 cm³/mol. The number of aliphatic hydroxyl groups is 1. The van der Waals surface area contributed by atoms with Gasteiger partial charge in [0.2, 0.25) is 0 Å². The average molecular weight is 237 g/mol. The van der Waals surface area contributed by atoms with E-state index < -0.39 is 5.60 Å². The third-order valence-electron chi connectivity index (χ3n) is 2.82. The van der Waals surface area contributed by atoms with Crippen LogP contribution in [0.1, 0.15) is 23.6 Å². The molecule has 84 valence electrons. The second-order valence-electron chi connectivity index (χ2n) is 4.05. The fraction of sp³-hybridized carbons (Fsp3) is 0.231. The lowest BCUT2D eigenvalue weighted by atomic mass is 9.90. The van der Waals surface area contributed by atoms with Gasteiger partial charge in [-0.1, -0.05) is 23.7 Å². The molecule has 3 heteroatoms. The summed E-state index contributed by atoms with van der Waals surface area (Å²) in [4.78, 5) is 0. The normalized spacial score (nSPS) is 14.8. The molecule has 0 saturated carbocycles. The van der Waals surface area contributed by atoms with Crippen LogP contribution in [-0.4, -0.2) is 5.11 Å². The van der Waals surface area contributed by atoms with E-state index in [2.05, 4.69) is 0 Å². The van der Waals surface area contributed by atoms with E-state index in [1.807, 2.05) is 19.1 Å². The van der Waals surface area contributed by atoms with E-state index >= 15 is 0 Å². The monoisotopic (exact) mass is 236 g/mol. The second-order valence-corrected chi connectivity index (χ2v) is 4.46. The lowest BCUT2D eigenvalue weighted by molar-refractivity contribution is 0.101. The average Bonchev–Trinajstić information content (AvgIpc) is 2.75. The maximum atomic E-state index is 10.4. The Bertz CT molecular complexity index is 487. The minimum atomic E-state index is -1.08. The molecule has 0 radical (unpaired) electrons. The van der Waals surface area contributed by atoms with E-state index in [1.54, 1.807) is 25.3 Å². The first-order chi connectivity index (χ1) is 7.51. The van der Waals surface area contributed by atoms with Gasteiger partial charge in [0.25, 0.3) is 0 Å². The number of halogens is 1. The number of hydrogen-bond donors (Lipinski definition) is 1. The van der Waals surface area contributed by atoms with Crippen LogP contribution >= 0.6 is 11.6 Å². The van der Waals surface area contributed by atoms with Gasteiger partial charge in [0, 0.05) is 10.6 Å². The van der Waals surface area contributed by atoms with Crippen LogP contribution in [0.5, 0.6) is 0 Å². The highest BCUT2D eigenvalue weighted by atomic mass is 35.5. The maximum Gasteiger partial charge on any atom is 0.115 e. The molecule has 0 aliphatic rings. The Morgan fingerprint density at radius 1 is 1.25 bits per heavy atom. The first-order valence-corrected chi connectivity index (χ1v) is 5.41. The van der Waals surface area contributed by atoms with Gasteiger partial charge < -0.3 is 9.52 Å². The Morgan fingerprint density at radius 3 is 2.56 bits per heavy atom. The van der Waals surface area contributed by atoms with Crippen LogP contribution in [0.2, 0.25) is 5.02 Å². The molecular formula is C13H13ClO2. The van der Waals surface area contributed by atoms with E-state index in [0.29, 0.717) is 10.6 Å². The minimum absolute atomic E-state index is 0.654. The first-order valence-electron chi connectivity index (χ1n) is 5.03. The molecule has 1 aromatic heterocycles. The molecule has 2 aromatic rings. The summed E-state index contributed by atoms with van der Waals surface area (Å²) in [5, 5.41) is 11.1. The number of rotatable bonds is 2. The molecule has 1 unspecified atom stereocenters. The largest absolute Gasteiger partial charge is 0.472 e. The van der Waals surface area contributed by atoms with Crippen molar-refractivity contribution in [1.29, 1.82) is 0 Å². The summed E-state index contributed by atoms with van der Waals surface area (Å²) in [7, 11) is 0. The first kappa shape index (κ1) is 11.2. The highest BCUT2D eigenvalue weighted by molar-refractivity contribution is 6.31. The van der Waals surface area contributed by atoms with Crippen molar-refractivity contribution < 1.29 is 9.52 Å². The van der Waals surface area contributed by atoms with Crippen LogP contribution in [0.25, 0.3) is 0 Å². The zero-order valence-corrected chi connectivity index (χ0v) is 9.95. The smallest absolute Gasteiger partial charge is 0.115 e. The number of benzene rings is 1. The standard InChI is InChI=1S/C13H13ClO2/c1-9-3-4-10(7-12(9)14)13(2,15)11-5-6-16-8-11/h3-8,15H,1-2H3. The van der Waals surface area contributed by atoms with Gasteiger partial charge in [0.05, 0.1) is 12.5 Å². The zero-order valence-electron chi connectivity index (χ0n) is 9.20. The van der Waals surface area contributed by atoms with E-state index in [0.717, 1.165) is 11.1 Å². The van der Waals surface area contributed by atoms with Crippen molar-refractivity contribution in [2.24, 2.45) is 0 Å². The minimum Gasteiger partial charge on any atom is -0.472 e. The topological polar surface area (TPSA) is 33.4 Å². The lowest BCUT2D eigenvalue weighted by Crippen LogP contribution is -2.21. The lowest BCUT2D eigenvalue weighted by Gasteiger charge is -2.22. The van der Waals surface area contributed by atoms with Gasteiger partial charge in [0.1, 0.15) is 5.60 Å². The van der Waals surface area contributed by atoms with Crippen LogP contribution in [0.3, 0.4) is 0 Å². The zero-order chi connectivity index (χ0) is 11.8. The Kier molecular flexibility index (Phi) is 2.78. The predicted octanol–water partition coefficient (Wildman–Crippen LogP) is 3.50. The fourth-order valence-electron chi connectivity index (χ4n) is 1.60. The molecule has 1 N–H and O–H groups in total. The van der Waals surface area contributed by atoms with Gasteiger partial charge in [-0.15, -0.1) is 0 Å². The van der Waals surface area contributed by atoms with E-state index in [4.69, 9.17) is 16.0 Å². The molecule has 16 heavy (non-hydrogen) atoms. The number of hydrogen-bond acceptors (Lipinski definition) is 2. The Hall–Kier alpha value is -1.25. The highest BCUT2D eigenvalue weighted by Gasteiger charge is 2.27. The summed E-state index contributed by atoms with van der Waals surface area (Å²) in [5.41, 5.74) is 1.38. The highest BCUT2D eigenvalue weighted by Crippen LogP contribution is 2.31. The van der Waals surface area contributed by atoms with Gasteiger partial charge in [-0.3, -0.25) is 0 Å². The SMILES string of the molecule is Cc1ccc(C(C)(O)c2ccoc2)cc1Cl. The van der Waals surface area contributed by atoms with E-state index in [-0.39, 0.29) is 0 Å². The molecule has 0 spiro atoms. The van der Waals surface area contributed by atoms with Crippen LogP contribution < -0.4 is 0 Å². The maximum absolute atomic E-state index is 10.4. The van der Waals surface area contributed by atoms with Crippen molar-refractivity contribution in [2.45, 2.75) is 19.4 Å². The summed E-state index contributed by atoms with van der Waals surface area (Å²) >= 11 is 6.05. The Balaban J connectivity index is 2.47. The summed E-state index contributed by atoms with van der Waals surface area (Å²) in [6.45, 7) is 3.65. The van der Waals surface area contributed by atoms with Gasteiger partial charge in [-0.2, -0.15) is 0 Å². The van der Waals surface area contributed by atoms with Crippen LogP contribution in [0, 0.1) is 6.92 Å². The van der Waals surface area contributed by atoms with Gasteiger partial charge >= 0.3 is 0 Å². The molecule has 0 amide bonds. The van der Waals surface area contributed by atoms with Crippen molar-refractivity contribution >= 4 is 11.6 Å². The molecule has 1 heterocycles. The van der Waals surface area contributed by atoms with Crippen LogP contribution in [0.4, 0.5) is 0 Å². The van der Waals surface area contributed by atoms with Crippen molar-refractivity contribution in [3.8, 4) is 0 Å². The molecule has 0 bridgehead atoms. The van der Waals surface area contributed by atoms with Crippen molar-refractivity contribution in [3.63, 3.8) is 0 Å². The fourth-order valence-corrected chi connectivity index (χ4v) is 1.78. The van der Waals surface area contributed by atoms with E-state index in [1.165, 1.54) is 6.26 Å². The van der Waals surface area contributed by atoms with Gasteiger partial charge in [0.15, 0.2) is 0 Å². The summed E-state index contributed by atoms with van der Waals surface area (Å²) in [6.07, 6.45) is 3.08. The molecular weight excluding hydrogens is 224 g/mol. The molecule has 0 aliphatic carbocycles. The summed E-state index contributed by atoms with van der Waals surface area (Å²) < 4.78 is 4.98. The van der Waals surface area contributed by atoms with Gasteiger partial charge in [-0.25, -0.2) is 0 Å². The van der Waals surface area contributed by atoms with Gasteiger partial charge in [-0.05, 0) is 37.1 Å². The third-order valence-corrected chi connectivity index (χ3v) is 3.22. The quantitative estimate of drug-likeness (QED) is 0.866. The van der Waals surface area contributed by atoms with Crippen molar-refractivity contribution in [2.75, 3.05) is 0 Å². The molecule has 1 aromatic carbocycles. The summed E-state index contributed by atoms with van der Waals surface area (Å²) in [5.74, 6) is 0. The molecule has 2 nitrogen and oxygen atoms in total. The second kappa shape index (κ2) is 3.96. The molecule has 1 atom stereocenters. The number of aryl methyl sites for hydroxylation is 1. The molecule has 2 rings (SSSR count). The Morgan fingerprint density at radius 2 is 2.00 bits per heavy atom. The van der Waals surface area contributed by atoms with Crippen LogP contribution in [-0.2, 0) is 5.60 Å². The molecule has 0 saturated heterocycles. The molecule has 0 fully saturated rings. The Labute approximate surface area is 99.5 Å². The van der Waals surface area contributed by atoms with E-state index in [9.17, 15) is 5.11 Å². The summed E-state index contributed by atoms with van der Waals surface area (Å²) in [6, 6.07) is 7.29. The number of furan rings is 1. The molecule has 0 aliphatic heterocycles. The van der Waals surface area contributed by atoms with Crippen molar-refractivity contribution in [1.82, 2.24) is 0 Å².